The van der Waals surface area contributed by atoms with Gasteiger partial charge in [-0.1, -0.05) is 23.7 Å². The Balaban J connectivity index is 2.08. The summed E-state index contributed by atoms with van der Waals surface area (Å²) in [4.78, 5) is 24.5. The van der Waals surface area contributed by atoms with Crippen LogP contribution in [0, 0.1) is 5.82 Å². The van der Waals surface area contributed by atoms with Crippen molar-refractivity contribution in [3.05, 3.63) is 87.8 Å². The highest BCUT2D eigenvalue weighted by Gasteiger charge is 2.23. The van der Waals surface area contributed by atoms with Crippen molar-refractivity contribution in [2.75, 3.05) is 0 Å². The number of imidazole rings is 1. The Morgan fingerprint density at radius 3 is 2.28 bits per heavy atom. The van der Waals surface area contributed by atoms with Crippen molar-refractivity contribution in [2.24, 2.45) is 0 Å². The molecule has 0 amide bonds. The lowest BCUT2D eigenvalue weighted by molar-refractivity contribution is 0.0952. The lowest BCUT2D eigenvalue weighted by Gasteiger charge is -2.05. The number of carbonyl (C=O) groups excluding carboxylic acids is 1. The van der Waals surface area contributed by atoms with Crippen LogP contribution in [0.5, 0.6) is 0 Å². The maximum atomic E-state index is 13.7. The number of nitrogens with zero attached hydrogens (tertiary/aromatic N) is 2. The van der Waals surface area contributed by atoms with Crippen LogP contribution in [-0.4, -0.2) is 22.9 Å². The van der Waals surface area contributed by atoms with Gasteiger partial charge >= 0.3 is 5.69 Å². The molecule has 0 unspecified atom stereocenters. The van der Waals surface area contributed by atoms with Crippen molar-refractivity contribution in [1.82, 2.24) is 8.54 Å². The molecule has 0 spiro atoms. The number of aromatic nitrogens is 2. The zero-order chi connectivity index (χ0) is 18.2. The van der Waals surface area contributed by atoms with E-state index in [4.69, 9.17) is 11.6 Å². The molecule has 3 rings (SSSR count). The maximum absolute atomic E-state index is 13.7. The third kappa shape index (κ3) is 3.01. The zero-order valence-electron chi connectivity index (χ0n) is 12.5. The number of rotatable bonds is 3. The molecule has 0 atom stereocenters. The Hall–Kier alpha value is -2.71. The fourth-order valence-electron chi connectivity index (χ4n) is 2.18. The monoisotopic (exact) mass is 380 g/mol. The van der Waals surface area contributed by atoms with Gasteiger partial charge in [0.1, 0.15) is 5.82 Å². The van der Waals surface area contributed by atoms with Crippen molar-refractivity contribution in [1.29, 1.82) is 0 Å². The van der Waals surface area contributed by atoms with Gasteiger partial charge in [0.05, 0.1) is 10.5 Å². The van der Waals surface area contributed by atoms with Gasteiger partial charge in [0.15, 0.2) is 0 Å². The smallest absolute Gasteiger partial charge is 0.268 e. The Kier molecular flexibility index (Phi) is 4.32. The van der Waals surface area contributed by atoms with Crippen molar-refractivity contribution in [3.63, 3.8) is 0 Å². The SMILES string of the molecule is O=C(c1ccccc1F)n1ccn(S(=O)(=O)c2ccc(Cl)cc2)c1=O. The van der Waals surface area contributed by atoms with Gasteiger partial charge in [-0.25, -0.2) is 22.2 Å². The van der Waals surface area contributed by atoms with Crippen LogP contribution in [0.4, 0.5) is 4.39 Å². The van der Waals surface area contributed by atoms with Crippen molar-refractivity contribution in [2.45, 2.75) is 4.90 Å². The van der Waals surface area contributed by atoms with Crippen LogP contribution in [0.15, 0.2) is 70.6 Å². The molecule has 6 nitrogen and oxygen atoms in total. The van der Waals surface area contributed by atoms with Crippen LogP contribution >= 0.6 is 11.6 Å². The number of benzene rings is 2. The van der Waals surface area contributed by atoms with E-state index in [0.29, 0.717) is 13.6 Å². The maximum Gasteiger partial charge on any atom is 0.349 e. The summed E-state index contributed by atoms with van der Waals surface area (Å²) in [5.41, 5.74) is -1.46. The molecule has 1 aromatic heterocycles. The Morgan fingerprint density at radius 1 is 1.00 bits per heavy atom. The van der Waals surface area contributed by atoms with Gasteiger partial charge in [-0.15, -0.1) is 0 Å². The second kappa shape index (κ2) is 6.30. The predicted molar refractivity (Wildman–Crippen MR) is 88.9 cm³/mol. The molecule has 0 N–H and O–H groups in total. The summed E-state index contributed by atoms with van der Waals surface area (Å²) in [7, 11) is -4.21. The number of halogens is 2. The van der Waals surface area contributed by atoms with Gasteiger partial charge in [0, 0.05) is 17.4 Å². The highest BCUT2D eigenvalue weighted by atomic mass is 35.5. The van der Waals surface area contributed by atoms with Crippen LogP contribution in [0.25, 0.3) is 0 Å². The topological polar surface area (TPSA) is 78.1 Å². The van der Waals surface area contributed by atoms with E-state index in [2.05, 4.69) is 0 Å². The minimum Gasteiger partial charge on any atom is -0.268 e. The predicted octanol–water partition coefficient (Wildman–Crippen LogP) is 2.37. The summed E-state index contributed by atoms with van der Waals surface area (Å²) >= 11 is 5.72. The molecular weight excluding hydrogens is 371 g/mol. The highest BCUT2D eigenvalue weighted by Crippen LogP contribution is 2.16. The first-order valence-electron chi connectivity index (χ1n) is 6.93. The second-order valence-corrected chi connectivity index (χ2v) is 7.24. The van der Waals surface area contributed by atoms with Crippen molar-refractivity contribution < 1.29 is 17.6 Å². The molecule has 25 heavy (non-hydrogen) atoms. The van der Waals surface area contributed by atoms with Gasteiger partial charge in [-0.3, -0.25) is 4.79 Å². The fraction of sp³-hybridized carbons (Fsp3) is 0. The minimum absolute atomic E-state index is 0.171. The molecule has 0 saturated carbocycles. The first-order chi connectivity index (χ1) is 11.8. The highest BCUT2D eigenvalue weighted by molar-refractivity contribution is 7.90. The molecule has 128 valence electrons. The third-order valence-electron chi connectivity index (χ3n) is 3.44. The van der Waals surface area contributed by atoms with Gasteiger partial charge < -0.3 is 0 Å². The van der Waals surface area contributed by atoms with Crippen molar-refractivity contribution in [3.8, 4) is 0 Å². The zero-order valence-corrected chi connectivity index (χ0v) is 14.0. The van der Waals surface area contributed by atoms with E-state index >= 15 is 0 Å². The molecular formula is C16H10ClFN2O4S. The third-order valence-corrected chi connectivity index (χ3v) is 5.35. The lowest BCUT2D eigenvalue weighted by atomic mass is 10.2. The molecule has 2 aromatic carbocycles. The van der Waals surface area contributed by atoms with Gasteiger partial charge in [-0.2, -0.15) is 3.97 Å². The Labute approximate surface area is 146 Å². The van der Waals surface area contributed by atoms with Crippen molar-refractivity contribution >= 4 is 27.5 Å². The summed E-state index contributed by atoms with van der Waals surface area (Å²) in [6.07, 6.45) is 1.91. The molecule has 0 aliphatic rings. The van der Waals surface area contributed by atoms with Crippen LogP contribution in [0.2, 0.25) is 5.02 Å². The average molecular weight is 381 g/mol. The normalized spacial score (nSPS) is 11.4. The summed E-state index contributed by atoms with van der Waals surface area (Å²) < 4.78 is 39.7. The average Bonchev–Trinajstić information content (AvgIpc) is 2.97. The quantitative estimate of drug-likeness (QED) is 0.698. The molecule has 1 heterocycles. The fourth-order valence-corrected chi connectivity index (χ4v) is 3.52. The van der Waals surface area contributed by atoms with Crippen LogP contribution in [-0.2, 0) is 10.0 Å². The summed E-state index contributed by atoms with van der Waals surface area (Å²) in [5, 5.41) is 0.332. The molecule has 0 radical (unpaired) electrons. The van der Waals surface area contributed by atoms with Crippen LogP contribution in [0.1, 0.15) is 10.4 Å². The first kappa shape index (κ1) is 17.1. The Morgan fingerprint density at radius 2 is 1.64 bits per heavy atom. The molecule has 0 aliphatic heterocycles. The largest absolute Gasteiger partial charge is 0.349 e. The van der Waals surface area contributed by atoms with E-state index in [1.54, 1.807) is 0 Å². The number of hydrogen-bond acceptors (Lipinski definition) is 4. The second-order valence-electron chi connectivity index (χ2n) is 4.99. The molecule has 0 fully saturated rings. The molecule has 9 heteroatoms. The first-order valence-corrected chi connectivity index (χ1v) is 8.74. The molecule has 3 aromatic rings. The molecule has 0 saturated heterocycles. The summed E-state index contributed by atoms with van der Waals surface area (Å²) in [6, 6.07) is 10.3. The van der Waals surface area contributed by atoms with Crippen LogP contribution in [0.3, 0.4) is 0 Å². The van der Waals surface area contributed by atoms with Gasteiger partial charge in [0.25, 0.3) is 15.9 Å². The van der Waals surface area contributed by atoms with E-state index in [0.717, 1.165) is 18.5 Å². The number of carbonyl (C=O) groups is 1. The van der Waals surface area contributed by atoms with E-state index < -0.39 is 27.4 Å². The van der Waals surface area contributed by atoms with Crippen LogP contribution < -0.4 is 5.69 Å². The van der Waals surface area contributed by atoms with E-state index in [9.17, 15) is 22.4 Å². The van der Waals surface area contributed by atoms with Gasteiger partial charge in [0.2, 0.25) is 0 Å². The Bertz CT molecular complexity index is 1120. The summed E-state index contributed by atoms with van der Waals surface area (Å²) in [5.74, 6) is -1.78. The standard InChI is InChI=1S/C16H10ClFN2O4S/c17-11-5-7-12(8-6-11)25(23,24)20-10-9-19(16(20)22)15(21)13-3-1-2-4-14(13)18/h1-10H. The molecule has 0 bridgehead atoms. The number of hydrogen-bond donors (Lipinski definition) is 0. The summed E-state index contributed by atoms with van der Waals surface area (Å²) in [6.45, 7) is 0. The van der Waals surface area contributed by atoms with E-state index in [1.165, 1.54) is 42.5 Å². The minimum atomic E-state index is -4.21. The molecule has 0 aliphatic carbocycles. The van der Waals surface area contributed by atoms with E-state index in [1.807, 2.05) is 0 Å². The van der Waals surface area contributed by atoms with Gasteiger partial charge in [-0.05, 0) is 36.4 Å². The van der Waals surface area contributed by atoms with E-state index in [-0.39, 0.29) is 10.5 Å². The lowest BCUT2D eigenvalue weighted by Crippen LogP contribution is -2.32.